The minimum atomic E-state index is -0.455. The Morgan fingerprint density at radius 2 is 1.39 bits per heavy atom. The Bertz CT molecular complexity index is 960. The molecule has 0 unspecified atom stereocenters. The highest BCUT2D eigenvalue weighted by atomic mass is 16.2. The van der Waals surface area contributed by atoms with E-state index in [0.717, 1.165) is 11.1 Å². The normalized spacial score (nSPS) is 11.3. The third kappa shape index (κ3) is 3.31. The van der Waals surface area contributed by atoms with E-state index in [0.29, 0.717) is 0 Å². The smallest absolute Gasteiger partial charge is 0.296 e. The summed E-state index contributed by atoms with van der Waals surface area (Å²) in [4.78, 5) is 25.2. The van der Waals surface area contributed by atoms with Crippen LogP contribution in [0, 0.1) is 6.92 Å². The maximum atomic E-state index is 12.8. The first-order valence-electron chi connectivity index (χ1n) is 7.96. The van der Waals surface area contributed by atoms with Crippen LogP contribution in [0.5, 0.6) is 0 Å². The van der Waals surface area contributed by atoms with Crippen molar-refractivity contribution >= 4 is 0 Å². The van der Waals surface area contributed by atoms with Crippen molar-refractivity contribution < 1.29 is 1.37 Å². The zero-order valence-corrected chi connectivity index (χ0v) is 12.9. The first kappa shape index (κ1) is 13.8. The van der Waals surface area contributed by atoms with E-state index in [1.165, 1.54) is 9.13 Å². The molecule has 3 rings (SSSR count). The second-order valence-corrected chi connectivity index (χ2v) is 5.47. The fraction of sp³-hybridized carbons (Fsp3) is 0.158. The number of benzene rings is 2. The molecule has 2 aromatic carbocycles. The Labute approximate surface area is 135 Å². The van der Waals surface area contributed by atoms with Crippen molar-refractivity contribution in [2.24, 2.45) is 0 Å². The predicted molar refractivity (Wildman–Crippen MR) is 90.8 cm³/mol. The van der Waals surface area contributed by atoms with Crippen LogP contribution < -0.4 is 11.2 Å². The molecule has 23 heavy (non-hydrogen) atoms. The number of hydrogen-bond donors (Lipinski definition) is 0. The molecule has 116 valence electrons. The third-order valence-electron chi connectivity index (χ3n) is 3.70. The topological polar surface area (TPSA) is 44.0 Å². The van der Waals surface area contributed by atoms with Crippen LogP contribution in [0.2, 0.25) is 0 Å². The highest BCUT2D eigenvalue weighted by molar-refractivity contribution is 5.17. The van der Waals surface area contributed by atoms with E-state index >= 15 is 0 Å². The molecule has 0 saturated carbocycles. The monoisotopic (exact) mass is 307 g/mol. The minimum Gasteiger partial charge on any atom is -0.296 e. The maximum Gasteiger partial charge on any atom is 0.331 e. The van der Waals surface area contributed by atoms with Gasteiger partial charge in [-0.05, 0) is 18.1 Å². The van der Waals surface area contributed by atoms with Crippen LogP contribution in [0.15, 0.2) is 76.4 Å². The molecule has 1 aromatic heterocycles. The third-order valence-corrected chi connectivity index (χ3v) is 3.70. The second kappa shape index (κ2) is 6.48. The molecular formula is C19H18N2O2. The minimum absolute atomic E-state index is 0.0295. The van der Waals surface area contributed by atoms with Crippen molar-refractivity contribution in [1.29, 1.82) is 0 Å². The van der Waals surface area contributed by atoms with Crippen LogP contribution in [0.25, 0.3) is 0 Å². The van der Waals surface area contributed by atoms with E-state index in [4.69, 9.17) is 1.37 Å². The zero-order valence-electron chi connectivity index (χ0n) is 13.9. The predicted octanol–water partition coefficient (Wildman–Crippen LogP) is 2.42. The van der Waals surface area contributed by atoms with Crippen LogP contribution in [0.3, 0.4) is 0 Å². The van der Waals surface area contributed by atoms with Crippen molar-refractivity contribution in [3.8, 4) is 0 Å². The van der Waals surface area contributed by atoms with Gasteiger partial charge in [0.05, 0.1) is 14.5 Å². The van der Waals surface area contributed by atoms with Gasteiger partial charge < -0.3 is 0 Å². The van der Waals surface area contributed by atoms with E-state index in [2.05, 4.69) is 0 Å². The number of rotatable bonds is 4. The first-order chi connectivity index (χ1) is 11.6. The van der Waals surface area contributed by atoms with Gasteiger partial charge >= 0.3 is 5.69 Å². The lowest BCUT2D eigenvalue weighted by Gasteiger charge is -2.12. The van der Waals surface area contributed by atoms with E-state index in [-0.39, 0.29) is 24.8 Å². The SMILES string of the molecule is [2H]c1c(C)c(=O)n(Cc2ccccc2)c(=O)n1Cc1ccccc1. The van der Waals surface area contributed by atoms with E-state index in [1.54, 1.807) is 6.92 Å². The molecule has 4 nitrogen and oxygen atoms in total. The Morgan fingerprint density at radius 3 is 1.96 bits per heavy atom. The molecule has 0 spiro atoms. The molecule has 0 amide bonds. The molecule has 4 heteroatoms. The largest absolute Gasteiger partial charge is 0.331 e. The van der Waals surface area contributed by atoms with E-state index in [1.807, 2.05) is 60.7 Å². The standard InChI is InChI=1S/C19H18N2O2/c1-15-12-20(13-16-8-4-2-5-9-16)19(23)21(18(15)22)14-17-10-6-3-7-11-17/h2-12H,13-14H2,1H3/i12D. The molecule has 0 atom stereocenters. The van der Waals surface area contributed by atoms with Gasteiger partial charge in [-0.15, -0.1) is 0 Å². The molecule has 0 saturated heterocycles. The average molecular weight is 307 g/mol. The summed E-state index contributed by atoms with van der Waals surface area (Å²) in [5, 5.41) is 0. The lowest BCUT2D eigenvalue weighted by atomic mass is 10.2. The Hall–Kier alpha value is -2.88. The van der Waals surface area contributed by atoms with Crippen molar-refractivity contribution in [1.82, 2.24) is 9.13 Å². The molecule has 0 radical (unpaired) electrons. The molecule has 1 heterocycles. The van der Waals surface area contributed by atoms with E-state index < -0.39 is 11.2 Å². The van der Waals surface area contributed by atoms with Crippen LogP contribution in [-0.2, 0) is 13.1 Å². The van der Waals surface area contributed by atoms with E-state index in [9.17, 15) is 9.59 Å². The van der Waals surface area contributed by atoms with Crippen molar-refractivity contribution in [3.05, 3.63) is 104 Å². The lowest BCUT2D eigenvalue weighted by Crippen LogP contribution is -2.41. The maximum absolute atomic E-state index is 12.8. The molecule has 0 bridgehead atoms. The summed E-state index contributed by atoms with van der Waals surface area (Å²) in [5.41, 5.74) is 1.21. The average Bonchev–Trinajstić information content (AvgIpc) is 2.62. The highest BCUT2D eigenvalue weighted by Gasteiger charge is 2.09. The fourth-order valence-corrected chi connectivity index (χ4v) is 2.51. The summed E-state index contributed by atoms with van der Waals surface area (Å²) in [7, 11) is 0. The number of aromatic nitrogens is 2. The van der Waals surface area contributed by atoms with Crippen molar-refractivity contribution in [3.63, 3.8) is 0 Å². The molecule has 0 aliphatic rings. The van der Waals surface area contributed by atoms with Gasteiger partial charge in [-0.3, -0.25) is 13.9 Å². The van der Waals surface area contributed by atoms with Crippen molar-refractivity contribution in [2.45, 2.75) is 20.0 Å². The first-order valence-corrected chi connectivity index (χ1v) is 7.46. The molecule has 0 aliphatic heterocycles. The van der Waals surface area contributed by atoms with Gasteiger partial charge in [0, 0.05) is 11.7 Å². The lowest BCUT2D eigenvalue weighted by molar-refractivity contribution is 0.605. The van der Waals surface area contributed by atoms with Gasteiger partial charge in [-0.25, -0.2) is 4.79 Å². The Balaban J connectivity index is 2.10. The number of hydrogen-bond acceptors (Lipinski definition) is 2. The van der Waals surface area contributed by atoms with Crippen LogP contribution in [0.1, 0.15) is 18.1 Å². The molecular weight excluding hydrogens is 288 g/mol. The highest BCUT2D eigenvalue weighted by Crippen LogP contribution is 2.02. The number of nitrogens with zero attached hydrogens (tertiary/aromatic N) is 2. The molecule has 3 aromatic rings. The zero-order chi connectivity index (χ0) is 17.1. The van der Waals surface area contributed by atoms with Gasteiger partial charge in [-0.1, -0.05) is 60.7 Å². The summed E-state index contributed by atoms with van der Waals surface area (Å²) in [6, 6.07) is 18.8. The summed E-state index contributed by atoms with van der Waals surface area (Å²) in [6.45, 7) is 2.07. The van der Waals surface area contributed by atoms with Crippen LogP contribution in [-0.4, -0.2) is 9.13 Å². The van der Waals surface area contributed by atoms with Gasteiger partial charge in [0.1, 0.15) is 0 Å². The quantitative estimate of drug-likeness (QED) is 0.743. The van der Waals surface area contributed by atoms with Gasteiger partial charge in [0.25, 0.3) is 5.56 Å². The Kier molecular flexibility index (Phi) is 3.88. The summed E-state index contributed by atoms with van der Waals surface area (Å²) >= 11 is 0. The summed E-state index contributed by atoms with van der Waals surface area (Å²) < 4.78 is 10.7. The fourth-order valence-electron chi connectivity index (χ4n) is 2.51. The second-order valence-electron chi connectivity index (χ2n) is 5.47. The summed E-state index contributed by atoms with van der Waals surface area (Å²) in [5.74, 6) is 0. The van der Waals surface area contributed by atoms with Gasteiger partial charge in [-0.2, -0.15) is 0 Å². The molecule has 0 N–H and O–H groups in total. The summed E-state index contributed by atoms with van der Waals surface area (Å²) in [6.07, 6.45) is -0.0295. The van der Waals surface area contributed by atoms with Crippen molar-refractivity contribution in [2.75, 3.05) is 0 Å². The Morgan fingerprint density at radius 1 is 0.870 bits per heavy atom. The van der Waals surface area contributed by atoms with Gasteiger partial charge in [0.15, 0.2) is 0 Å². The molecule has 0 aliphatic carbocycles. The molecule has 0 fully saturated rings. The van der Waals surface area contributed by atoms with Crippen LogP contribution >= 0.6 is 0 Å². The van der Waals surface area contributed by atoms with Gasteiger partial charge in [0.2, 0.25) is 0 Å². The van der Waals surface area contributed by atoms with Crippen LogP contribution in [0.4, 0.5) is 0 Å².